The fourth-order valence-electron chi connectivity index (χ4n) is 3.64. The van der Waals surface area contributed by atoms with Crippen molar-refractivity contribution in [1.82, 2.24) is 0 Å². The fraction of sp³-hybridized carbons (Fsp3) is 0.619. The van der Waals surface area contributed by atoms with Gasteiger partial charge in [-0.3, -0.25) is 0 Å². The Morgan fingerprint density at radius 2 is 1.58 bits per heavy atom. The van der Waals surface area contributed by atoms with Crippen LogP contribution in [0.2, 0.25) is 18.1 Å². The molecule has 0 saturated heterocycles. The lowest BCUT2D eigenvalue weighted by atomic mass is 9.66. The maximum Gasteiger partial charge on any atom is 0.192 e. The van der Waals surface area contributed by atoms with Gasteiger partial charge in [-0.05, 0) is 56.0 Å². The third-order valence-corrected chi connectivity index (χ3v) is 10.8. The van der Waals surface area contributed by atoms with E-state index in [0.717, 1.165) is 11.1 Å². The molecular weight excluding hydrogens is 312 g/mol. The molecule has 24 heavy (non-hydrogen) atoms. The zero-order chi connectivity index (χ0) is 19.0. The number of allylic oxidation sites excluding steroid dienone is 2. The molecule has 0 fully saturated rings. The van der Waals surface area contributed by atoms with E-state index in [0.29, 0.717) is 12.8 Å². The van der Waals surface area contributed by atoms with Gasteiger partial charge in [-0.15, -0.1) is 13.2 Å². The molecule has 0 unspecified atom stereocenters. The molecule has 0 spiro atoms. The van der Waals surface area contributed by atoms with E-state index >= 15 is 0 Å². The van der Waals surface area contributed by atoms with Gasteiger partial charge in [0, 0.05) is 5.41 Å². The smallest absolute Gasteiger partial charge is 0.192 e. The minimum Gasteiger partial charge on any atom is -0.410 e. The highest BCUT2D eigenvalue weighted by Crippen LogP contribution is 2.57. The van der Waals surface area contributed by atoms with Crippen LogP contribution < -0.4 is 0 Å². The molecule has 0 aromatic rings. The topological polar surface area (TPSA) is 29.5 Å². The summed E-state index contributed by atoms with van der Waals surface area (Å²) in [5.74, 6) is 0. The summed E-state index contributed by atoms with van der Waals surface area (Å²) in [4.78, 5) is 0. The minimum atomic E-state index is -2.01. The van der Waals surface area contributed by atoms with Crippen LogP contribution in [0.3, 0.4) is 0 Å². The van der Waals surface area contributed by atoms with Crippen LogP contribution in [0.25, 0.3) is 0 Å². The second-order valence-electron chi connectivity index (χ2n) is 8.68. The summed E-state index contributed by atoms with van der Waals surface area (Å²) in [6.45, 7) is 27.1. The van der Waals surface area contributed by atoms with Gasteiger partial charge in [0.05, 0.1) is 6.10 Å². The zero-order valence-electron chi connectivity index (χ0n) is 16.7. The number of rotatable bonds is 7. The molecule has 0 radical (unpaired) electrons. The molecule has 0 amide bonds. The molecule has 136 valence electrons. The molecule has 1 rings (SSSR count). The van der Waals surface area contributed by atoms with Crippen molar-refractivity contribution >= 4 is 8.32 Å². The molecule has 0 aliphatic heterocycles. The fourth-order valence-corrected chi connectivity index (χ4v) is 4.98. The molecule has 1 N–H and O–H groups in total. The van der Waals surface area contributed by atoms with Crippen molar-refractivity contribution in [3.8, 4) is 0 Å². The van der Waals surface area contributed by atoms with Gasteiger partial charge in [0.1, 0.15) is 5.60 Å². The molecule has 3 heteroatoms. The highest BCUT2D eigenvalue weighted by atomic mass is 28.4. The summed E-state index contributed by atoms with van der Waals surface area (Å²) in [6.07, 6.45) is 6.58. The van der Waals surface area contributed by atoms with Crippen LogP contribution in [0.4, 0.5) is 0 Å². The van der Waals surface area contributed by atoms with Crippen molar-refractivity contribution in [2.45, 2.75) is 77.3 Å². The number of hydrogen-bond donors (Lipinski definition) is 1. The summed E-state index contributed by atoms with van der Waals surface area (Å²) in [5.41, 5.74) is 0.435. The van der Waals surface area contributed by atoms with Crippen LogP contribution in [0.1, 0.15) is 47.5 Å². The summed E-state index contributed by atoms with van der Waals surface area (Å²) in [7, 11) is -2.01. The van der Waals surface area contributed by atoms with Gasteiger partial charge < -0.3 is 9.53 Å². The summed E-state index contributed by atoms with van der Waals surface area (Å²) < 4.78 is 6.84. The van der Waals surface area contributed by atoms with Crippen molar-refractivity contribution < 1.29 is 9.53 Å². The van der Waals surface area contributed by atoms with Crippen molar-refractivity contribution in [3.63, 3.8) is 0 Å². The number of aliphatic hydroxyl groups is 1. The Morgan fingerprint density at radius 3 is 1.92 bits per heavy atom. The maximum atomic E-state index is 11.5. The van der Waals surface area contributed by atoms with Gasteiger partial charge in [0.2, 0.25) is 0 Å². The first-order chi connectivity index (χ1) is 10.8. The van der Waals surface area contributed by atoms with Gasteiger partial charge in [-0.1, -0.05) is 45.6 Å². The normalized spacial score (nSPS) is 27.2. The predicted octanol–water partition coefficient (Wildman–Crippen LogP) is 5.78. The Balaban J connectivity index is 3.56. The van der Waals surface area contributed by atoms with E-state index in [2.05, 4.69) is 60.5 Å². The van der Waals surface area contributed by atoms with Crippen LogP contribution >= 0.6 is 0 Å². The Labute approximate surface area is 150 Å². The van der Waals surface area contributed by atoms with Gasteiger partial charge in [-0.2, -0.15) is 0 Å². The molecule has 0 saturated carbocycles. The first-order valence-corrected chi connectivity index (χ1v) is 11.7. The van der Waals surface area contributed by atoms with Gasteiger partial charge in [-0.25, -0.2) is 0 Å². The highest BCUT2D eigenvalue weighted by molar-refractivity contribution is 6.74. The molecule has 2 atom stereocenters. The first-order valence-electron chi connectivity index (χ1n) is 8.78. The van der Waals surface area contributed by atoms with E-state index in [1.54, 1.807) is 6.08 Å². The van der Waals surface area contributed by atoms with Crippen LogP contribution in [0, 0.1) is 5.41 Å². The van der Waals surface area contributed by atoms with Gasteiger partial charge in [0.15, 0.2) is 8.32 Å². The average Bonchev–Trinajstić information content (AvgIpc) is 2.61. The van der Waals surface area contributed by atoms with Crippen molar-refractivity contribution in [1.29, 1.82) is 0 Å². The lowest BCUT2D eigenvalue weighted by molar-refractivity contribution is -0.0548. The van der Waals surface area contributed by atoms with Crippen LogP contribution in [0.5, 0.6) is 0 Å². The van der Waals surface area contributed by atoms with E-state index in [1.807, 2.05) is 19.1 Å². The largest absolute Gasteiger partial charge is 0.410 e. The highest BCUT2D eigenvalue weighted by Gasteiger charge is 2.60. The first kappa shape index (κ1) is 21.1. The van der Waals surface area contributed by atoms with Crippen molar-refractivity contribution in [2.75, 3.05) is 0 Å². The van der Waals surface area contributed by atoms with Gasteiger partial charge in [0.25, 0.3) is 0 Å². The SMILES string of the molecule is C=CCC1(CC=C)[C@H](O[Si](C)(C)C(C)(C)C)C(C)=C(C)[C@@]1(O)C=C. The lowest BCUT2D eigenvalue weighted by Gasteiger charge is -2.48. The van der Waals surface area contributed by atoms with E-state index < -0.39 is 19.3 Å². The third kappa shape index (κ3) is 3.02. The lowest BCUT2D eigenvalue weighted by Crippen LogP contribution is -2.54. The maximum absolute atomic E-state index is 11.5. The van der Waals surface area contributed by atoms with Crippen molar-refractivity contribution in [3.05, 3.63) is 49.1 Å². The molecule has 2 nitrogen and oxygen atoms in total. The molecule has 0 bridgehead atoms. The standard InChI is InChI=1S/C21H36O2Si/c1-11-14-20(15-12-2)18(23-24(9,10)19(6,7)8)16(4)17(5)21(20,22)13-3/h11-13,18,22H,1-3,14-15H2,4-10H3/t18-,21+/m1/s1. The van der Waals surface area contributed by atoms with E-state index in [9.17, 15) is 5.11 Å². The summed E-state index contributed by atoms with van der Waals surface area (Å²) >= 11 is 0. The summed E-state index contributed by atoms with van der Waals surface area (Å²) in [6, 6.07) is 0. The Morgan fingerprint density at radius 1 is 1.12 bits per heavy atom. The molecule has 1 aliphatic carbocycles. The quantitative estimate of drug-likeness (QED) is 0.466. The Bertz CT molecular complexity index is 541. The Hall–Kier alpha value is -0.903. The predicted molar refractivity (Wildman–Crippen MR) is 108 cm³/mol. The van der Waals surface area contributed by atoms with Gasteiger partial charge >= 0.3 is 0 Å². The average molecular weight is 349 g/mol. The second-order valence-corrected chi connectivity index (χ2v) is 13.4. The number of hydrogen-bond acceptors (Lipinski definition) is 2. The van der Waals surface area contributed by atoms with Crippen molar-refractivity contribution in [2.24, 2.45) is 5.41 Å². The van der Waals surface area contributed by atoms with Crippen LogP contribution in [-0.4, -0.2) is 25.1 Å². The van der Waals surface area contributed by atoms with E-state index in [-0.39, 0.29) is 11.1 Å². The molecular formula is C21H36O2Si. The van der Waals surface area contributed by atoms with E-state index in [1.165, 1.54) is 0 Å². The minimum absolute atomic E-state index is 0.101. The monoisotopic (exact) mass is 348 g/mol. The molecule has 0 aromatic heterocycles. The van der Waals surface area contributed by atoms with Crippen LogP contribution in [-0.2, 0) is 4.43 Å². The molecule has 0 heterocycles. The van der Waals surface area contributed by atoms with Crippen LogP contribution in [0.15, 0.2) is 49.1 Å². The zero-order valence-corrected chi connectivity index (χ0v) is 17.7. The summed E-state index contributed by atoms with van der Waals surface area (Å²) in [5, 5.41) is 11.6. The second kappa shape index (κ2) is 6.78. The van der Waals surface area contributed by atoms with E-state index in [4.69, 9.17) is 4.43 Å². The molecule has 1 aliphatic rings. The Kier molecular flexibility index (Phi) is 5.97. The third-order valence-electron chi connectivity index (χ3n) is 6.35. The molecule has 0 aromatic carbocycles.